The molecule has 3 N–H and O–H groups in total. The van der Waals surface area contributed by atoms with E-state index < -0.39 is 11.6 Å². The van der Waals surface area contributed by atoms with Crippen molar-refractivity contribution in [3.63, 3.8) is 0 Å². The molecule has 2 unspecified atom stereocenters. The van der Waals surface area contributed by atoms with Gasteiger partial charge in [-0.3, -0.25) is 4.79 Å². The highest BCUT2D eigenvalue weighted by Crippen LogP contribution is 2.61. The molecule has 0 bridgehead atoms. The van der Waals surface area contributed by atoms with Crippen LogP contribution in [0.3, 0.4) is 0 Å². The summed E-state index contributed by atoms with van der Waals surface area (Å²) in [6.07, 6.45) is 2.68. The van der Waals surface area contributed by atoms with Crippen molar-refractivity contribution in [2.75, 3.05) is 7.11 Å². The molecule has 0 aromatic heterocycles. The average Bonchev–Trinajstić information content (AvgIpc) is 1.98. The van der Waals surface area contributed by atoms with Gasteiger partial charge in [0.05, 0.1) is 13.2 Å². The lowest BCUT2D eigenvalue weighted by molar-refractivity contribution is -0.207. The van der Waals surface area contributed by atoms with Crippen LogP contribution in [0.5, 0.6) is 0 Å². The monoisotopic (exact) mass is 221 g/mol. The summed E-state index contributed by atoms with van der Waals surface area (Å²) in [5.74, 6) is -0.377. The average molecular weight is 222 g/mol. The Bertz CT molecular complexity index is 254. The molecule has 14 heavy (non-hydrogen) atoms. The fourth-order valence-electron chi connectivity index (χ4n) is 2.68. The molecule has 0 radical (unpaired) electrons. The SMILES string of the molecule is COC(=O)C1(N)CC(O)C12CCC2.Cl. The van der Waals surface area contributed by atoms with Gasteiger partial charge in [0, 0.05) is 11.8 Å². The van der Waals surface area contributed by atoms with Crippen molar-refractivity contribution >= 4 is 18.4 Å². The van der Waals surface area contributed by atoms with Gasteiger partial charge in [0.25, 0.3) is 0 Å². The Morgan fingerprint density at radius 2 is 2.14 bits per heavy atom. The van der Waals surface area contributed by atoms with Crippen molar-refractivity contribution in [2.24, 2.45) is 11.1 Å². The summed E-state index contributed by atoms with van der Waals surface area (Å²) in [7, 11) is 1.34. The lowest BCUT2D eigenvalue weighted by Gasteiger charge is -2.63. The van der Waals surface area contributed by atoms with Crippen LogP contribution in [0, 0.1) is 5.41 Å². The number of halogens is 1. The number of aliphatic hydroxyl groups excluding tert-OH is 1. The van der Waals surface area contributed by atoms with Gasteiger partial charge in [-0.1, -0.05) is 6.42 Å². The maximum absolute atomic E-state index is 11.4. The normalized spacial score (nSPS) is 37.8. The van der Waals surface area contributed by atoms with Gasteiger partial charge in [0.2, 0.25) is 0 Å². The maximum atomic E-state index is 11.4. The minimum absolute atomic E-state index is 0. The Labute approximate surface area is 89.2 Å². The van der Waals surface area contributed by atoms with E-state index in [2.05, 4.69) is 4.74 Å². The van der Waals surface area contributed by atoms with Crippen LogP contribution in [0.15, 0.2) is 0 Å². The van der Waals surface area contributed by atoms with E-state index in [1.54, 1.807) is 0 Å². The lowest BCUT2D eigenvalue weighted by atomic mass is 9.44. The van der Waals surface area contributed by atoms with Crippen molar-refractivity contribution in [3.8, 4) is 0 Å². The smallest absolute Gasteiger partial charge is 0.326 e. The van der Waals surface area contributed by atoms with Crippen molar-refractivity contribution in [1.29, 1.82) is 0 Å². The topological polar surface area (TPSA) is 72.5 Å². The number of hydrogen-bond donors (Lipinski definition) is 2. The van der Waals surface area contributed by atoms with Crippen LogP contribution in [-0.2, 0) is 9.53 Å². The molecule has 0 aliphatic heterocycles. The number of rotatable bonds is 1. The second-order valence-corrected chi connectivity index (χ2v) is 4.19. The van der Waals surface area contributed by atoms with E-state index in [1.807, 2.05) is 0 Å². The predicted octanol–water partition coefficient (Wildman–Crippen LogP) is 0.214. The number of methoxy groups -OCH3 is 1. The third-order valence-corrected chi connectivity index (χ3v) is 3.84. The Morgan fingerprint density at radius 1 is 1.57 bits per heavy atom. The summed E-state index contributed by atoms with van der Waals surface area (Å²) < 4.78 is 4.66. The number of carbonyl (C=O) groups excluding carboxylic acids is 1. The fraction of sp³-hybridized carbons (Fsp3) is 0.889. The molecule has 82 valence electrons. The summed E-state index contributed by atoms with van der Waals surface area (Å²) in [4.78, 5) is 11.4. The molecule has 2 rings (SSSR count). The van der Waals surface area contributed by atoms with Gasteiger partial charge in [-0.15, -0.1) is 12.4 Å². The van der Waals surface area contributed by atoms with Gasteiger partial charge in [0.1, 0.15) is 5.54 Å². The number of nitrogens with two attached hydrogens (primary N) is 1. The molecule has 2 saturated carbocycles. The summed E-state index contributed by atoms with van der Waals surface area (Å²) in [5, 5.41) is 9.61. The molecule has 0 aromatic carbocycles. The molecular formula is C9H16ClNO3. The molecule has 0 saturated heterocycles. The van der Waals surface area contributed by atoms with Gasteiger partial charge in [-0.05, 0) is 12.8 Å². The number of esters is 1. The second kappa shape index (κ2) is 3.36. The van der Waals surface area contributed by atoms with E-state index >= 15 is 0 Å². The van der Waals surface area contributed by atoms with Crippen LogP contribution in [0.25, 0.3) is 0 Å². The third kappa shape index (κ3) is 1.05. The van der Waals surface area contributed by atoms with Crippen LogP contribution in [0.4, 0.5) is 0 Å². The molecule has 0 aromatic rings. The predicted molar refractivity (Wildman–Crippen MR) is 53.1 cm³/mol. The van der Waals surface area contributed by atoms with Crippen molar-refractivity contribution < 1.29 is 14.6 Å². The molecule has 2 fully saturated rings. The van der Waals surface area contributed by atoms with Gasteiger partial charge < -0.3 is 15.6 Å². The lowest BCUT2D eigenvalue weighted by Crippen LogP contribution is -2.77. The van der Waals surface area contributed by atoms with Crippen LogP contribution in [-0.4, -0.2) is 29.8 Å². The standard InChI is InChI=1S/C9H15NO3.ClH/c1-13-7(12)9(10)5-6(11)8(9)3-2-4-8;/h6,11H,2-5,10H2,1H3;1H. The van der Waals surface area contributed by atoms with Gasteiger partial charge >= 0.3 is 5.97 Å². The highest BCUT2D eigenvalue weighted by Gasteiger charge is 2.70. The Hall–Kier alpha value is -0.320. The quantitative estimate of drug-likeness (QED) is 0.621. The van der Waals surface area contributed by atoms with Crippen LogP contribution >= 0.6 is 12.4 Å². The maximum Gasteiger partial charge on any atom is 0.326 e. The minimum atomic E-state index is -0.917. The van der Waals surface area contributed by atoms with Crippen LogP contribution in [0.2, 0.25) is 0 Å². The fourth-order valence-corrected chi connectivity index (χ4v) is 2.68. The Morgan fingerprint density at radius 3 is 2.43 bits per heavy atom. The van der Waals surface area contributed by atoms with Crippen LogP contribution in [0.1, 0.15) is 25.7 Å². The van der Waals surface area contributed by atoms with Crippen LogP contribution < -0.4 is 5.73 Å². The van der Waals surface area contributed by atoms with E-state index in [-0.39, 0.29) is 23.8 Å². The molecule has 5 heteroatoms. The van der Waals surface area contributed by atoms with E-state index in [9.17, 15) is 9.90 Å². The zero-order valence-electron chi connectivity index (χ0n) is 8.16. The summed E-state index contributed by atoms with van der Waals surface area (Å²) in [6.45, 7) is 0. The first-order valence-corrected chi connectivity index (χ1v) is 4.62. The molecule has 2 atom stereocenters. The first kappa shape index (κ1) is 11.8. The number of carbonyl (C=O) groups is 1. The van der Waals surface area contributed by atoms with Crippen molar-refractivity contribution in [1.82, 2.24) is 0 Å². The summed E-state index contributed by atoms with van der Waals surface area (Å²) in [5.41, 5.74) is 4.67. The molecule has 0 amide bonds. The van der Waals surface area contributed by atoms with Gasteiger partial charge in [0.15, 0.2) is 0 Å². The number of hydrogen-bond acceptors (Lipinski definition) is 4. The number of aliphatic hydroxyl groups is 1. The summed E-state index contributed by atoms with van der Waals surface area (Å²) in [6, 6.07) is 0. The van der Waals surface area contributed by atoms with E-state index in [1.165, 1.54) is 7.11 Å². The molecule has 2 aliphatic carbocycles. The first-order chi connectivity index (χ1) is 6.07. The Balaban J connectivity index is 0.000000980. The molecule has 0 heterocycles. The second-order valence-electron chi connectivity index (χ2n) is 4.19. The first-order valence-electron chi connectivity index (χ1n) is 4.62. The molecule has 2 aliphatic rings. The third-order valence-electron chi connectivity index (χ3n) is 3.84. The van der Waals surface area contributed by atoms with Gasteiger partial charge in [-0.25, -0.2) is 0 Å². The highest BCUT2D eigenvalue weighted by atomic mass is 35.5. The molecule has 4 nitrogen and oxygen atoms in total. The number of ether oxygens (including phenoxy) is 1. The van der Waals surface area contributed by atoms with Crippen molar-refractivity contribution in [3.05, 3.63) is 0 Å². The molecular weight excluding hydrogens is 206 g/mol. The largest absolute Gasteiger partial charge is 0.468 e. The van der Waals surface area contributed by atoms with Crippen molar-refractivity contribution in [2.45, 2.75) is 37.3 Å². The Kier molecular flexibility index (Phi) is 2.82. The van der Waals surface area contributed by atoms with Gasteiger partial charge in [-0.2, -0.15) is 0 Å². The summed E-state index contributed by atoms with van der Waals surface area (Å²) >= 11 is 0. The highest BCUT2D eigenvalue weighted by molar-refractivity contribution is 5.85. The molecule has 1 spiro atoms. The minimum Gasteiger partial charge on any atom is -0.468 e. The van der Waals surface area contributed by atoms with E-state index in [0.29, 0.717) is 6.42 Å². The zero-order chi connectivity index (χ0) is 9.69. The van der Waals surface area contributed by atoms with E-state index in [4.69, 9.17) is 5.73 Å². The zero-order valence-corrected chi connectivity index (χ0v) is 8.97. The van der Waals surface area contributed by atoms with E-state index in [0.717, 1.165) is 19.3 Å².